The summed E-state index contributed by atoms with van der Waals surface area (Å²) in [6.45, 7) is 1.78. The van der Waals surface area contributed by atoms with Gasteiger partial charge in [-0.2, -0.15) is 0 Å². The van der Waals surface area contributed by atoms with E-state index in [0.29, 0.717) is 12.8 Å². The highest BCUT2D eigenvalue weighted by molar-refractivity contribution is 7.56. The molecule has 66 valence electrons. The first-order valence-corrected chi connectivity index (χ1v) is 6.53. The molecule has 0 aliphatic carbocycles. The Hall–Kier alpha value is 0.290. The Bertz CT molecular complexity index is 138. The molecule has 0 aliphatic rings. The fourth-order valence-corrected chi connectivity index (χ4v) is 2.27. The molecule has 0 aromatic rings. The van der Waals surface area contributed by atoms with Crippen LogP contribution < -0.4 is 0 Å². The first-order chi connectivity index (χ1) is 5.22. The summed E-state index contributed by atoms with van der Waals surface area (Å²) >= 11 is 0. The quantitative estimate of drug-likeness (QED) is 0.521. The first-order valence-electron chi connectivity index (χ1n) is 3.66. The zero-order valence-electron chi connectivity index (χ0n) is 6.62. The lowest BCUT2D eigenvalue weighted by atomic mass is 10.3. The highest BCUT2D eigenvalue weighted by Gasteiger charge is 2.11. The van der Waals surface area contributed by atoms with Crippen LogP contribution in [0.25, 0.3) is 0 Å². The Balaban J connectivity index is 3.52. The molecule has 0 bridgehead atoms. The Morgan fingerprint density at radius 3 is 2.55 bits per heavy atom. The van der Waals surface area contributed by atoms with Crippen molar-refractivity contribution in [2.24, 2.45) is 0 Å². The molecule has 1 N–H and O–H groups in total. The molecule has 0 saturated carbocycles. The highest BCUT2D eigenvalue weighted by atomic mass is 31.1. The molecule has 0 radical (unpaired) electrons. The molecule has 0 rings (SSSR count). The van der Waals surface area contributed by atoms with Crippen LogP contribution in [0.3, 0.4) is 0 Å². The molecule has 3 nitrogen and oxygen atoms in total. The van der Waals surface area contributed by atoms with Crippen molar-refractivity contribution in [3.8, 4) is 0 Å². The third kappa shape index (κ3) is 5.55. The molecular formula is C6H14O3P2. The van der Waals surface area contributed by atoms with Gasteiger partial charge in [0.1, 0.15) is 0 Å². The maximum Gasteiger partial charge on any atom is 0.166 e. The van der Waals surface area contributed by atoms with Gasteiger partial charge in [-0.25, -0.2) is 0 Å². The number of rotatable bonds is 6. The van der Waals surface area contributed by atoms with E-state index >= 15 is 0 Å². The van der Waals surface area contributed by atoms with Crippen molar-refractivity contribution in [1.29, 1.82) is 0 Å². The summed E-state index contributed by atoms with van der Waals surface area (Å²) < 4.78 is 21.3. The predicted molar refractivity (Wildman–Crippen MR) is 47.3 cm³/mol. The SMILES string of the molecule is C[PH](=O)C(CCCCO)P=O. The van der Waals surface area contributed by atoms with Crippen LogP contribution in [0.15, 0.2) is 0 Å². The predicted octanol–water partition coefficient (Wildman–Crippen LogP) is 1.96. The Morgan fingerprint density at radius 2 is 2.18 bits per heavy atom. The second-order valence-corrected chi connectivity index (χ2v) is 5.69. The Morgan fingerprint density at radius 1 is 1.55 bits per heavy atom. The molecule has 2 unspecified atom stereocenters. The van der Waals surface area contributed by atoms with E-state index in [1.807, 2.05) is 0 Å². The van der Waals surface area contributed by atoms with Gasteiger partial charge in [0, 0.05) is 6.61 Å². The normalized spacial score (nSPS) is 16.5. The molecule has 0 aliphatic heterocycles. The molecule has 0 spiro atoms. The molecule has 11 heavy (non-hydrogen) atoms. The lowest BCUT2D eigenvalue weighted by molar-refractivity contribution is 0.283. The molecule has 5 heteroatoms. The van der Waals surface area contributed by atoms with Crippen LogP contribution in [0.2, 0.25) is 0 Å². The van der Waals surface area contributed by atoms with Crippen molar-refractivity contribution in [2.45, 2.75) is 24.7 Å². The summed E-state index contributed by atoms with van der Waals surface area (Å²) in [5.41, 5.74) is 0. The standard InChI is InChI=1S/C6H14O3P2/c1-11(9)6(10-8)4-2-3-5-7/h6-7,11H,2-5H2,1H3. The van der Waals surface area contributed by atoms with E-state index < -0.39 is 7.80 Å². The molecule has 0 aromatic heterocycles. The molecule has 0 fully saturated rings. The van der Waals surface area contributed by atoms with Crippen molar-refractivity contribution in [2.75, 3.05) is 13.3 Å². The second-order valence-electron chi connectivity index (χ2n) is 2.45. The zero-order valence-corrected chi connectivity index (χ0v) is 8.51. The third-order valence-corrected chi connectivity index (χ3v) is 4.63. The third-order valence-electron chi connectivity index (χ3n) is 1.48. The fraction of sp³-hybridized carbons (Fsp3) is 1.00. The second kappa shape index (κ2) is 6.97. The van der Waals surface area contributed by atoms with E-state index in [4.69, 9.17) is 5.11 Å². The smallest absolute Gasteiger partial charge is 0.166 e. The van der Waals surface area contributed by atoms with Gasteiger partial charge in [0.2, 0.25) is 0 Å². The number of unbranched alkanes of at least 4 members (excludes halogenated alkanes) is 1. The van der Waals surface area contributed by atoms with E-state index in [-0.39, 0.29) is 20.5 Å². The fourth-order valence-electron chi connectivity index (χ4n) is 0.780. The van der Waals surface area contributed by atoms with Crippen molar-refractivity contribution < 1.29 is 14.2 Å². The summed E-state index contributed by atoms with van der Waals surface area (Å²) in [5.74, 6) is 0. The number of hydrogen-bond acceptors (Lipinski definition) is 3. The van der Waals surface area contributed by atoms with Gasteiger partial charge >= 0.3 is 0 Å². The maximum atomic E-state index is 10.9. The summed E-state index contributed by atoms with van der Waals surface area (Å²) in [6, 6.07) is 0. The lowest BCUT2D eigenvalue weighted by Crippen LogP contribution is -1.92. The monoisotopic (exact) mass is 196 g/mol. The summed E-state index contributed by atoms with van der Waals surface area (Å²) in [7, 11) is -1.68. The molecular weight excluding hydrogens is 182 g/mol. The number of aliphatic hydroxyl groups is 1. The summed E-state index contributed by atoms with van der Waals surface area (Å²) in [5, 5.41) is 8.27. The van der Waals surface area contributed by atoms with Gasteiger partial charge in [0.15, 0.2) is 8.46 Å². The van der Waals surface area contributed by atoms with E-state index in [1.165, 1.54) is 0 Å². The van der Waals surface area contributed by atoms with Gasteiger partial charge in [0.25, 0.3) is 0 Å². The van der Waals surface area contributed by atoms with Gasteiger partial charge < -0.3 is 9.67 Å². The molecule has 0 heterocycles. The van der Waals surface area contributed by atoms with E-state index in [1.54, 1.807) is 6.66 Å². The largest absolute Gasteiger partial charge is 0.396 e. The van der Waals surface area contributed by atoms with Gasteiger partial charge in [-0.1, -0.05) is 0 Å². The first kappa shape index (κ1) is 11.3. The molecule has 0 aromatic carbocycles. The topological polar surface area (TPSA) is 54.4 Å². The lowest BCUT2D eigenvalue weighted by Gasteiger charge is -2.03. The van der Waals surface area contributed by atoms with E-state index in [9.17, 15) is 9.13 Å². The highest BCUT2D eigenvalue weighted by Crippen LogP contribution is 2.35. The van der Waals surface area contributed by atoms with Crippen LogP contribution >= 0.6 is 16.3 Å². The molecule has 2 atom stereocenters. The van der Waals surface area contributed by atoms with Crippen molar-refractivity contribution >= 4 is 16.3 Å². The van der Waals surface area contributed by atoms with E-state index in [2.05, 4.69) is 0 Å². The minimum Gasteiger partial charge on any atom is -0.396 e. The number of hydrogen-bond donors (Lipinski definition) is 1. The van der Waals surface area contributed by atoms with Gasteiger partial charge in [-0.15, -0.1) is 0 Å². The average molecular weight is 196 g/mol. The van der Waals surface area contributed by atoms with Gasteiger partial charge in [-0.3, -0.25) is 4.57 Å². The minimum absolute atomic E-state index is 0.0144. The Kier molecular flexibility index (Phi) is 7.15. The molecule has 0 saturated heterocycles. The number of aliphatic hydroxyl groups excluding tert-OH is 1. The summed E-state index contributed by atoms with van der Waals surface area (Å²) in [6.07, 6.45) is 2.21. The van der Waals surface area contributed by atoms with Gasteiger partial charge in [0.05, 0.1) is 13.2 Å². The zero-order chi connectivity index (χ0) is 8.69. The van der Waals surface area contributed by atoms with Crippen molar-refractivity contribution in [1.82, 2.24) is 0 Å². The summed E-state index contributed by atoms with van der Waals surface area (Å²) in [4.78, 5) is 0. The minimum atomic E-state index is -1.66. The van der Waals surface area contributed by atoms with Crippen LogP contribution in [0, 0.1) is 0 Å². The van der Waals surface area contributed by atoms with Crippen LogP contribution in [0.4, 0.5) is 0 Å². The average Bonchev–Trinajstić information content (AvgIpc) is 1.97. The van der Waals surface area contributed by atoms with Crippen LogP contribution in [0.1, 0.15) is 19.3 Å². The Labute approximate surface area is 69.2 Å². The van der Waals surface area contributed by atoms with Crippen LogP contribution in [-0.4, -0.2) is 23.8 Å². The van der Waals surface area contributed by atoms with Crippen molar-refractivity contribution in [3.63, 3.8) is 0 Å². The molecule has 0 amide bonds. The van der Waals surface area contributed by atoms with E-state index in [0.717, 1.165) is 6.42 Å². The maximum absolute atomic E-state index is 10.9. The van der Waals surface area contributed by atoms with Crippen LogP contribution in [-0.2, 0) is 9.13 Å². The van der Waals surface area contributed by atoms with Crippen molar-refractivity contribution in [3.05, 3.63) is 0 Å². The van der Waals surface area contributed by atoms with Gasteiger partial charge in [-0.05, 0) is 25.9 Å². The van der Waals surface area contributed by atoms with Crippen LogP contribution in [0.5, 0.6) is 0 Å².